The molecule has 0 aromatic carbocycles. The van der Waals surface area contributed by atoms with E-state index in [9.17, 15) is 14.4 Å². The van der Waals surface area contributed by atoms with Gasteiger partial charge in [0.25, 0.3) is 0 Å². The van der Waals surface area contributed by atoms with E-state index in [4.69, 9.17) is 23.4 Å². The van der Waals surface area contributed by atoms with Crippen molar-refractivity contribution in [2.24, 2.45) is 23.7 Å². The second kappa shape index (κ2) is 12.2. The van der Waals surface area contributed by atoms with Crippen LogP contribution >= 0.6 is 0 Å². The summed E-state index contributed by atoms with van der Waals surface area (Å²) in [6.07, 6.45) is 1.37. The molecule has 0 radical (unpaired) electrons. The summed E-state index contributed by atoms with van der Waals surface area (Å²) in [7, 11) is 1.53. The maximum Gasteiger partial charge on any atom is 0.374 e. The highest BCUT2D eigenvalue weighted by Gasteiger charge is 2.36. The number of esters is 3. The molecule has 3 atom stereocenters. The van der Waals surface area contributed by atoms with Gasteiger partial charge in [-0.1, -0.05) is 27.7 Å². The van der Waals surface area contributed by atoms with E-state index < -0.39 is 23.8 Å². The molecule has 8 heteroatoms. The Morgan fingerprint density at radius 3 is 2.11 bits per heavy atom. The van der Waals surface area contributed by atoms with Crippen molar-refractivity contribution in [3.63, 3.8) is 0 Å². The molecule has 1 aromatic rings. The zero-order valence-corrected chi connectivity index (χ0v) is 17.1. The van der Waals surface area contributed by atoms with Gasteiger partial charge in [0.15, 0.2) is 0 Å². The molecule has 3 unspecified atom stereocenters. The van der Waals surface area contributed by atoms with E-state index in [0.29, 0.717) is 6.61 Å². The van der Waals surface area contributed by atoms with Crippen molar-refractivity contribution in [1.29, 1.82) is 0 Å². The monoisotopic (exact) mass is 398 g/mol. The molecule has 1 rings (SSSR count). The van der Waals surface area contributed by atoms with E-state index in [1.165, 1.54) is 19.4 Å². The average Bonchev–Trinajstić information content (AvgIpc) is 3.19. The van der Waals surface area contributed by atoms with E-state index >= 15 is 0 Å². The minimum atomic E-state index is -0.624. The maximum absolute atomic E-state index is 12.4. The number of carbonyl (C=O) groups is 3. The van der Waals surface area contributed by atoms with Crippen LogP contribution in [-0.2, 0) is 28.5 Å². The molecule has 0 spiro atoms. The number of ether oxygens (including phenoxy) is 4. The van der Waals surface area contributed by atoms with Crippen LogP contribution < -0.4 is 0 Å². The molecule has 0 bridgehead atoms. The molecule has 0 fully saturated rings. The fourth-order valence-corrected chi connectivity index (χ4v) is 2.82. The molecule has 0 amide bonds. The van der Waals surface area contributed by atoms with Crippen LogP contribution in [0.5, 0.6) is 0 Å². The van der Waals surface area contributed by atoms with Crippen molar-refractivity contribution in [2.45, 2.75) is 27.7 Å². The van der Waals surface area contributed by atoms with Gasteiger partial charge in [-0.3, -0.25) is 9.59 Å². The Labute approximate surface area is 165 Å². The van der Waals surface area contributed by atoms with Crippen molar-refractivity contribution < 1.29 is 37.7 Å². The highest BCUT2D eigenvalue weighted by molar-refractivity contribution is 5.86. The highest BCUT2D eigenvalue weighted by atomic mass is 16.6. The SMILES string of the molecule is COCCOC(=O)C(C(C)C)C(C)C(C)C(=O)OCCOC(=O)c1ccco1. The third-order valence-corrected chi connectivity index (χ3v) is 4.53. The van der Waals surface area contributed by atoms with Crippen LogP contribution in [0.4, 0.5) is 0 Å². The minimum Gasteiger partial charge on any atom is -0.463 e. The van der Waals surface area contributed by atoms with Crippen LogP contribution in [0, 0.1) is 23.7 Å². The molecule has 158 valence electrons. The second-order valence-electron chi connectivity index (χ2n) is 6.86. The molecular formula is C20H30O8. The van der Waals surface area contributed by atoms with Crippen LogP contribution in [0.1, 0.15) is 38.2 Å². The van der Waals surface area contributed by atoms with Gasteiger partial charge < -0.3 is 23.4 Å². The molecular weight excluding hydrogens is 368 g/mol. The molecule has 8 nitrogen and oxygen atoms in total. The Bertz CT molecular complexity index is 608. The summed E-state index contributed by atoms with van der Waals surface area (Å²) in [6, 6.07) is 3.06. The molecule has 0 saturated heterocycles. The zero-order chi connectivity index (χ0) is 21.1. The quantitative estimate of drug-likeness (QED) is 0.301. The van der Waals surface area contributed by atoms with Gasteiger partial charge in [0, 0.05) is 7.11 Å². The lowest BCUT2D eigenvalue weighted by Crippen LogP contribution is -2.36. The van der Waals surface area contributed by atoms with Gasteiger partial charge in [-0.15, -0.1) is 0 Å². The van der Waals surface area contributed by atoms with Gasteiger partial charge in [0.05, 0.1) is 24.7 Å². The highest BCUT2D eigenvalue weighted by Crippen LogP contribution is 2.29. The fourth-order valence-electron chi connectivity index (χ4n) is 2.82. The number of methoxy groups -OCH3 is 1. The summed E-state index contributed by atoms with van der Waals surface area (Å²) < 4.78 is 25.2. The largest absolute Gasteiger partial charge is 0.463 e. The summed E-state index contributed by atoms with van der Waals surface area (Å²) in [5.41, 5.74) is 0. The standard InChI is InChI=1S/C20H30O8/c1-13(2)17(20(23)28-10-9-24-5)14(3)15(4)18(21)26-11-12-27-19(22)16-7-6-8-25-16/h6-8,13-15,17H,9-12H2,1-5H3. The lowest BCUT2D eigenvalue weighted by atomic mass is 9.77. The summed E-state index contributed by atoms with van der Waals surface area (Å²) in [5.74, 6) is -2.62. The minimum absolute atomic E-state index is 0.00505. The van der Waals surface area contributed by atoms with Gasteiger partial charge in [-0.05, 0) is 24.0 Å². The third kappa shape index (κ3) is 7.34. The average molecular weight is 398 g/mol. The second-order valence-corrected chi connectivity index (χ2v) is 6.86. The maximum atomic E-state index is 12.4. The molecule has 1 heterocycles. The molecule has 0 aliphatic heterocycles. The van der Waals surface area contributed by atoms with Crippen LogP contribution in [0.3, 0.4) is 0 Å². The Balaban J connectivity index is 2.47. The Hall–Kier alpha value is -2.35. The van der Waals surface area contributed by atoms with E-state index in [-0.39, 0.29) is 43.4 Å². The van der Waals surface area contributed by atoms with Crippen molar-refractivity contribution >= 4 is 17.9 Å². The first-order valence-electron chi connectivity index (χ1n) is 9.32. The van der Waals surface area contributed by atoms with E-state index in [0.717, 1.165) is 0 Å². The third-order valence-electron chi connectivity index (χ3n) is 4.53. The van der Waals surface area contributed by atoms with Gasteiger partial charge in [0.1, 0.15) is 19.8 Å². The number of rotatable bonds is 12. The summed E-state index contributed by atoms with van der Waals surface area (Å²) in [5, 5.41) is 0. The first-order valence-corrected chi connectivity index (χ1v) is 9.32. The van der Waals surface area contributed by atoms with Crippen molar-refractivity contribution in [3.8, 4) is 0 Å². The lowest BCUT2D eigenvalue weighted by Gasteiger charge is -2.29. The number of hydrogen-bond acceptors (Lipinski definition) is 8. The van der Waals surface area contributed by atoms with Gasteiger partial charge in [-0.25, -0.2) is 4.79 Å². The zero-order valence-electron chi connectivity index (χ0n) is 17.1. The normalized spacial score (nSPS) is 14.2. The first kappa shape index (κ1) is 23.7. The number of furan rings is 1. The topological polar surface area (TPSA) is 101 Å². The molecule has 0 saturated carbocycles. The van der Waals surface area contributed by atoms with Crippen LogP contribution in [0.15, 0.2) is 22.8 Å². The molecule has 0 N–H and O–H groups in total. The molecule has 0 aliphatic carbocycles. The van der Waals surface area contributed by atoms with Crippen LogP contribution in [0.25, 0.3) is 0 Å². The first-order chi connectivity index (χ1) is 13.3. The van der Waals surface area contributed by atoms with Crippen molar-refractivity contribution in [2.75, 3.05) is 33.5 Å². The smallest absolute Gasteiger partial charge is 0.374 e. The van der Waals surface area contributed by atoms with Crippen molar-refractivity contribution in [3.05, 3.63) is 24.2 Å². The number of hydrogen-bond donors (Lipinski definition) is 0. The molecule has 0 aliphatic rings. The Morgan fingerprint density at radius 2 is 1.54 bits per heavy atom. The predicted molar refractivity (Wildman–Crippen MR) is 99.4 cm³/mol. The Kier molecular flexibility index (Phi) is 10.3. The van der Waals surface area contributed by atoms with Gasteiger partial charge >= 0.3 is 17.9 Å². The molecule has 28 heavy (non-hydrogen) atoms. The van der Waals surface area contributed by atoms with Crippen LogP contribution in [0.2, 0.25) is 0 Å². The van der Waals surface area contributed by atoms with E-state index in [2.05, 4.69) is 0 Å². The lowest BCUT2D eigenvalue weighted by molar-refractivity contribution is -0.158. The predicted octanol–water partition coefficient (Wildman–Crippen LogP) is 2.71. The summed E-state index contributed by atoms with van der Waals surface area (Å²) in [4.78, 5) is 36.3. The Morgan fingerprint density at radius 1 is 0.929 bits per heavy atom. The van der Waals surface area contributed by atoms with E-state index in [1.54, 1.807) is 13.0 Å². The number of carbonyl (C=O) groups excluding carboxylic acids is 3. The van der Waals surface area contributed by atoms with Crippen molar-refractivity contribution in [1.82, 2.24) is 0 Å². The van der Waals surface area contributed by atoms with Gasteiger partial charge in [-0.2, -0.15) is 0 Å². The van der Waals surface area contributed by atoms with E-state index in [1.807, 2.05) is 20.8 Å². The fraction of sp³-hybridized carbons (Fsp3) is 0.650. The van der Waals surface area contributed by atoms with Crippen LogP contribution in [-0.4, -0.2) is 51.4 Å². The van der Waals surface area contributed by atoms with Gasteiger partial charge in [0.2, 0.25) is 5.76 Å². The summed E-state index contributed by atoms with van der Waals surface area (Å²) in [6.45, 7) is 7.68. The molecule has 1 aromatic heterocycles. The summed E-state index contributed by atoms with van der Waals surface area (Å²) >= 11 is 0.